The first-order chi connectivity index (χ1) is 24.3. The Morgan fingerprint density at radius 1 is 0.600 bits per heavy atom. The highest BCUT2D eigenvalue weighted by Crippen LogP contribution is 2.37. The molecule has 0 radical (unpaired) electrons. The lowest BCUT2D eigenvalue weighted by molar-refractivity contribution is -0.116. The highest BCUT2D eigenvalue weighted by Gasteiger charge is 2.23. The molecule has 1 atom stereocenters. The Hall–Kier alpha value is -6.25. The number of hydrogen-bond acceptors (Lipinski definition) is 5. The summed E-state index contributed by atoms with van der Waals surface area (Å²) in [5.74, 6) is -1.15. The third-order valence-corrected chi connectivity index (χ3v) is 9.18. The van der Waals surface area contributed by atoms with Crippen LogP contribution in [-0.2, 0) is 9.59 Å². The van der Waals surface area contributed by atoms with Crippen LogP contribution in [0.1, 0.15) is 44.0 Å². The molecule has 1 unspecified atom stereocenters. The second kappa shape index (κ2) is 15.8. The quantitative estimate of drug-likeness (QED) is 0.0723. The van der Waals surface area contributed by atoms with Crippen LogP contribution < -0.4 is 16.0 Å². The zero-order valence-corrected chi connectivity index (χ0v) is 27.9. The molecule has 3 amide bonds. The highest BCUT2D eigenvalue weighted by molar-refractivity contribution is 8.00. The van der Waals surface area contributed by atoms with Crippen molar-refractivity contribution in [2.45, 2.75) is 17.1 Å². The zero-order chi connectivity index (χ0) is 34.9. The van der Waals surface area contributed by atoms with E-state index >= 15 is 0 Å². The van der Waals surface area contributed by atoms with E-state index in [0.717, 1.165) is 26.8 Å². The predicted molar refractivity (Wildman–Crippen MR) is 201 cm³/mol. The van der Waals surface area contributed by atoms with Crippen molar-refractivity contribution in [3.63, 3.8) is 0 Å². The van der Waals surface area contributed by atoms with Gasteiger partial charge in [-0.3, -0.25) is 19.2 Å². The summed E-state index contributed by atoms with van der Waals surface area (Å²) in [6.07, 6.45) is 1.68. The van der Waals surface area contributed by atoms with Gasteiger partial charge in [-0.1, -0.05) is 91.0 Å². The maximum Gasteiger partial charge on any atom is 0.272 e. The van der Waals surface area contributed by atoms with Crippen LogP contribution in [0.25, 0.3) is 16.8 Å². The summed E-state index contributed by atoms with van der Waals surface area (Å²) in [4.78, 5) is 52.9. The average molecular weight is 676 g/mol. The van der Waals surface area contributed by atoms with Gasteiger partial charge in [-0.15, -0.1) is 11.8 Å². The molecule has 0 bridgehead atoms. The smallest absolute Gasteiger partial charge is 0.272 e. The van der Waals surface area contributed by atoms with Crippen LogP contribution in [0.5, 0.6) is 0 Å². The minimum Gasteiger partial charge on any atom is -0.325 e. The maximum absolute atomic E-state index is 13.7. The lowest BCUT2D eigenvalue weighted by atomic mass is 10.0. The van der Waals surface area contributed by atoms with Crippen molar-refractivity contribution in [2.24, 2.45) is 0 Å². The van der Waals surface area contributed by atoms with E-state index in [0.29, 0.717) is 22.5 Å². The first-order valence-electron chi connectivity index (χ1n) is 15.9. The molecule has 0 heterocycles. The molecule has 0 aliphatic rings. The summed E-state index contributed by atoms with van der Waals surface area (Å²) < 4.78 is 0. The van der Waals surface area contributed by atoms with Crippen LogP contribution in [-0.4, -0.2) is 23.5 Å². The fourth-order valence-electron chi connectivity index (χ4n) is 5.32. The second-order valence-electron chi connectivity index (χ2n) is 11.5. The van der Waals surface area contributed by atoms with Crippen LogP contribution >= 0.6 is 11.8 Å². The number of nitrogens with one attached hydrogen (secondary N) is 3. The first kappa shape index (κ1) is 33.6. The van der Waals surface area contributed by atoms with Gasteiger partial charge in [0.15, 0.2) is 5.78 Å². The number of fused-ring (bicyclic) bond motifs is 1. The Bertz CT molecular complexity index is 2180. The summed E-state index contributed by atoms with van der Waals surface area (Å²) in [7, 11) is 0. The lowest BCUT2D eigenvalue weighted by Gasteiger charge is -2.18. The Morgan fingerprint density at radius 2 is 1.20 bits per heavy atom. The molecule has 6 aromatic rings. The van der Waals surface area contributed by atoms with Crippen LogP contribution in [0.15, 0.2) is 162 Å². The Balaban J connectivity index is 1.21. The summed E-state index contributed by atoms with van der Waals surface area (Å²) >= 11 is 1.37. The van der Waals surface area contributed by atoms with Gasteiger partial charge in [0, 0.05) is 27.4 Å². The van der Waals surface area contributed by atoms with Gasteiger partial charge in [-0.25, -0.2) is 0 Å². The van der Waals surface area contributed by atoms with E-state index in [1.165, 1.54) is 18.7 Å². The molecule has 6 rings (SSSR count). The Kier molecular flexibility index (Phi) is 10.6. The van der Waals surface area contributed by atoms with E-state index in [1.54, 1.807) is 66.7 Å². The fourth-order valence-corrected chi connectivity index (χ4v) is 6.35. The molecular weight excluding hydrogens is 643 g/mol. The summed E-state index contributed by atoms with van der Waals surface area (Å²) in [5.41, 5.74) is 3.80. The standard InChI is InChI=1S/C42H33N3O4S/c1-28(46)29-19-21-34(22-20-29)44-42(49)39(31-12-4-2-5-13-31)50-36-25-23-35(24-26-36)43-41(48)38(45-40(47)32-14-6-3-7-15-32)27-33-17-10-16-30-11-8-9-18-37(30)33/h2-27,39H,1H3,(H,43,48)(H,44,49)(H,45,47)/b38-27-. The van der Waals surface area contributed by atoms with Crippen molar-refractivity contribution in [3.8, 4) is 0 Å². The van der Waals surface area contributed by atoms with Gasteiger partial charge in [-0.05, 0) is 95.6 Å². The van der Waals surface area contributed by atoms with Crippen molar-refractivity contribution < 1.29 is 19.2 Å². The number of hydrogen-bond donors (Lipinski definition) is 3. The number of carbonyl (C=O) groups is 4. The van der Waals surface area contributed by atoms with Crippen molar-refractivity contribution in [1.82, 2.24) is 5.32 Å². The molecular formula is C42H33N3O4S. The number of anilines is 2. The highest BCUT2D eigenvalue weighted by atomic mass is 32.2. The molecule has 7 nitrogen and oxygen atoms in total. The monoisotopic (exact) mass is 675 g/mol. The largest absolute Gasteiger partial charge is 0.325 e. The third-order valence-electron chi connectivity index (χ3n) is 7.92. The molecule has 246 valence electrons. The topological polar surface area (TPSA) is 104 Å². The second-order valence-corrected chi connectivity index (χ2v) is 12.6. The van der Waals surface area contributed by atoms with Gasteiger partial charge < -0.3 is 16.0 Å². The predicted octanol–water partition coefficient (Wildman–Crippen LogP) is 8.92. The molecule has 0 aliphatic heterocycles. The summed E-state index contributed by atoms with van der Waals surface area (Å²) in [6, 6.07) is 45.8. The number of thioether (sulfide) groups is 1. The Labute approximate surface area is 294 Å². The molecule has 0 spiro atoms. The van der Waals surface area contributed by atoms with Gasteiger partial charge in [0.1, 0.15) is 10.9 Å². The van der Waals surface area contributed by atoms with Gasteiger partial charge in [0.05, 0.1) is 0 Å². The van der Waals surface area contributed by atoms with E-state index in [4.69, 9.17) is 0 Å². The van der Waals surface area contributed by atoms with Crippen molar-refractivity contribution in [3.05, 3.63) is 180 Å². The Morgan fingerprint density at radius 3 is 1.90 bits per heavy atom. The van der Waals surface area contributed by atoms with Crippen LogP contribution in [0, 0.1) is 0 Å². The van der Waals surface area contributed by atoms with Gasteiger partial charge in [-0.2, -0.15) is 0 Å². The third kappa shape index (κ3) is 8.42. The molecule has 8 heteroatoms. The first-order valence-corrected chi connectivity index (χ1v) is 16.8. The minimum atomic E-state index is -0.576. The molecule has 0 fully saturated rings. The van der Waals surface area contributed by atoms with E-state index in [1.807, 2.05) is 91.0 Å². The normalized spacial score (nSPS) is 11.7. The maximum atomic E-state index is 13.7. The number of amides is 3. The molecule has 3 N–H and O–H groups in total. The SMILES string of the molecule is CC(=O)c1ccc(NC(=O)C(Sc2ccc(NC(=O)/C(=C/c3cccc4ccccc34)NC(=O)c3ccccc3)cc2)c2ccccc2)cc1. The van der Waals surface area contributed by atoms with Crippen molar-refractivity contribution in [2.75, 3.05) is 10.6 Å². The van der Waals surface area contributed by atoms with Gasteiger partial charge in [0.2, 0.25) is 5.91 Å². The van der Waals surface area contributed by atoms with E-state index in [2.05, 4.69) is 16.0 Å². The zero-order valence-electron chi connectivity index (χ0n) is 27.1. The van der Waals surface area contributed by atoms with E-state index in [9.17, 15) is 19.2 Å². The van der Waals surface area contributed by atoms with Crippen molar-refractivity contribution in [1.29, 1.82) is 0 Å². The molecule has 0 saturated carbocycles. The molecule has 0 aliphatic carbocycles. The van der Waals surface area contributed by atoms with Crippen LogP contribution in [0.3, 0.4) is 0 Å². The number of carbonyl (C=O) groups excluding carboxylic acids is 4. The number of benzene rings is 6. The molecule has 6 aromatic carbocycles. The fraction of sp³-hybridized carbons (Fsp3) is 0.0476. The summed E-state index contributed by atoms with van der Waals surface area (Å²) in [5, 5.41) is 10.1. The average Bonchev–Trinajstić information content (AvgIpc) is 3.15. The number of ketones is 1. The number of Topliss-reactive ketones (excluding diaryl/α,β-unsaturated/α-hetero) is 1. The molecule has 0 aromatic heterocycles. The minimum absolute atomic E-state index is 0.0470. The van der Waals surface area contributed by atoms with E-state index < -0.39 is 17.1 Å². The van der Waals surface area contributed by atoms with Gasteiger partial charge in [0.25, 0.3) is 11.8 Å². The number of rotatable bonds is 11. The van der Waals surface area contributed by atoms with Crippen molar-refractivity contribution >= 4 is 63.5 Å². The van der Waals surface area contributed by atoms with Crippen LogP contribution in [0.2, 0.25) is 0 Å². The lowest BCUT2D eigenvalue weighted by Crippen LogP contribution is -2.30. The van der Waals surface area contributed by atoms with Crippen LogP contribution in [0.4, 0.5) is 11.4 Å². The molecule has 50 heavy (non-hydrogen) atoms. The summed E-state index contributed by atoms with van der Waals surface area (Å²) in [6.45, 7) is 1.50. The van der Waals surface area contributed by atoms with Gasteiger partial charge >= 0.3 is 0 Å². The molecule has 0 saturated heterocycles. The van der Waals surface area contributed by atoms with E-state index in [-0.39, 0.29) is 17.4 Å².